The minimum Gasteiger partial charge on any atom is -0.293 e. The van der Waals surface area contributed by atoms with Crippen LogP contribution in [-0.4, -0.2) is 25.0 Å². The number of rotatable bonds is 6. The smallest absolute Gasteiger partial charge is 0.293 e. The maximum absolute atomic E-state index is 11.5. The van der Waals surface area contributed by atoms with E-state index in [1.165, 1.54) is 0 Å². The molecule has 0 aliphatic carbocycles. The molecule has 0 radical (unpaired) electrons. The van der Waals surface area contributed by atoms with Gasteiger partial charge in [-0.25, -0.2) is 4.57 Å². The molecule has 0 rings (SSSR count). The normalized spacial score (nSPS) is 11.3. The van der Waals surface area contributed by atoms with Crippen molar-refractivity contribution >= 4 is 25.3 Å². The van der Waals surface area contributed by atoms with Crippen LogP contribution in [0.25, 0.3) is 0 Å². The highest BCUT2D eigenvalue weighted by molar-refractivity contribution is 7.52. The topological polar surface area (TPSA) is 64.6 Å². The third-order valence-electron chi connectivity index (χ3n) is 0.981. The molecule has 1 amide bonds. The zero-order valence-corrected chi connectivity index (χ0v) is 9.23. The van der Waals surface area contributed by atoms with Crippen molar-refractivity contribution in [1.29, 1.82) is 0 Å². The van der Waals surface area contributed by atoms with E-state index in [1.807, 2.05) is 0 Å². The van der Waals surface area contributed by atoms with Crippen molar-refractivity contribution in [2.75, 3.05) is 19.1 Å². The van der Waals surface area contributed by atoms with Gasteiger partial charge in [0.15, 0.2) is 0 Å². The highest BCUT2D eigenvalue weighted by Gasteiger charge is 2.25. The lowest BCUT2D eigenvalue weighted by atomic mass is 10.8. The predicted molar refractivity (Wildman–Crippen MR) is 49.7 cm³/mol. The predicted octanol–water partition coefficient (Wildman–Crippen LogP) is 1.52. The lowest BCUT2D eigenvalue weighted by molar-refractivity contribution is -0.117. The molecular formula is C6H13ClNO4P. The average Bonchev–Trinajstić information content (AvgIpc) is 2.04. The number of halogens is 1. The second-order valence-corrected chi connectivity index (χ2v) is 4.00. The molecule has 7 heteroatoms. The monoisotopic (exact) mass is 229 g/mol. The Morgan fingerprint density at radius 3 is 2.15 bits per heavy atom. The van der Waals surface area contributed by atoms with Crippen molar-refractivity contribution in [3.05, 3.63) is 0 Å². The molecule has 78 valence electrons. The van der Waals surface area contributed by atoms with Gasteiger partial charge in [0.1, 0.15) is 5.88 Å². The van der Waals surface area contributed by atoms with Gasteiger partial charge >= 0.3 is 7.75 Å². The lowest BCUT2D eigenvalue weighted by Gasteiger charge is -2.16. The molecule has 0 fully saturated rings. The lowest BCUT2D eigenvalue weighted by Crippen LogP contribution is -2.23. The molecule has 0 bridgehead atoms. The Bertz CT molecular complexity index is 201. The Morgan fingerprint density at radius 1 is 1.38 bits per heavy atom. The van der Waals surface area contributed by atoms with Crippen LogP contribution in [0.1, 0.15) is 13.8 Å². The average molecular weight is 230 g/mol. The zero-order valence-electron chi connectivity index (χ0n) is 7.58. The van der Waals surface area contributed by atoms with Gasteiger partial charge in [0.2, 0.25) is 5.91 Å². The van der Waals surface area contributed by atoms with E-state index in [4.69, 9.17) is 20.6 Å². The summed E-state index contributed by atoms with van der Waals surface area (Å²) >= 11 is 5.21. The Labute approximate surface area is 82.3 Å². The van der Waals surface area contributed by atoms with Gasteiger partial charge in [-0.15, -0.1) is 11.6 Å². The van der Waals surface area contributed by atoms with E-state index in [-0.39, 0.29) is 19.1 Å². The maximum Gasteiger partial charge on any atom is 0.434 e. The van der Waals surface area contributed by atoms with Gasteiger partial charge < -0.3 is 0 Å². The minimum absolute atomic E-state index is 0.194. The number of alkyl halides is 1. The van der Waals surface area contributed by atoms with Gasteiger partial charge in [-0.3, -0.25) is 18.9 Å². The molecular weight excluding hydrogens is 216 g/mol. The Morgan fingerprint density at radius 2 is 1.85 bits per heavy atom. The Kier molecular flexibility index (Phi) is 6.33. The van der Waals surface area contributed by atoms with E-state index >= 15 is 0 Å². The number of amides is 1. The van der Waals surface area contributed by atoms with E-state index in [2.05, 4.69) is 5.09 Å². The summed E-state index contributed by atoms with van der Waals surface area (Å²) in [4.78, 5) is 10.8. The van der Waals surface area contributed by atoms with Crippen LogP contribution < -0.4 is 5.09 Å². The Balaban J connectivity index is 4.23. The fourth-order valence-corrected chi connectivity index (χ4v) is 2.05. The van der Waals surface area contributed by atoms with Gasteiger partial charge in [-0.2, -0.15) is 0 Å². The first-order valence-corrected chi connectivity index (χ1v) is 5.92. The van der Waals surface area contributed by atoms with Crippen molar-refractivity contribution in [2.45, 2.75) is 13.8 Å². The summed E-state index contributed by atoms with van der Waals surface area (Å²) in [5.41, 5.74) is 0. The quantitative estimate of drug-likeness (QED) is 0.554. The Hall–Kier alpha value is -0.0900. The number of carbonyl (C=O) groups is 1. The van der Waals surface area contributed by atoms with Crippen molar-refractivity contribution in [3.8, 4) is 0 Å². The zero-order chi connectivity index (χ0) is 10.3. The van der Waals surface area contributed by atoms with E-state index < -0.39 is 13.7 Å². The molecule has 0 unspecified atom stereocenters. The highest BCUT2D eigenvalue weighted by atomic mass is 35.5. The van der Waals surface area contributed by atoms with Crippen LogP contribution in [-0.2, 0) is 18.4 Å². The second-order valence-electron chi connectivity index (χ2n) is 2.00. The second kappa shape index (κ2) is 6.38. The molecule has 13 heavy (non-hydrogen) atoms. The number of carbonyl (C=O) groups excluding carboxylic acids is 1. The first-order chi connectivity index (χ1) is 6.08. The van der Waals surface area contributed by atoms with Crippen LogP contribution in [0.3, 0.4) is 0 Å². The third-order valence-corrected chi connectivity index (χ3v) is 2.94. The summed E-state index contributed by atoms with van der Waals surface area (Å²) in [5, 5.41) is 2.09. The summed E-state index contributed by atoms with van der Waals surface area (Å²) in [6, 6.07) is 0. The number of hydrogen-bond donors (Lipinski definition) is 1. The summed E-state index contributed by atoms with van der Waals surface area (Å²) in [7, 11) is -3.48. The summed E-state index contributed by atoms with van der Waals surface area (Å²) in [6.07, 6.45) is 0. The largest absolute Gasteiger partial charge is 0.434 e. The standard InChI is InChI=1S/C6H13ClNO4P/c1-3-11-13(10,12-4-2)8-6(9)5-7/h3-5H2,1-2H3,(H,8,9,10). The van der Waals surface area contributed by atoms with Crippen LogP contribution >= 0.6 is 19.3 Å². The van der Waals surface area contributed by atoms with Crippen molar-refractivity contribution in [1.82, 2.24) is 5.09 Å². The molecule has 0 aliphatic heterocycles. The van der Waals surface area contributed by atoms with E-state index in [9.17, 15) is 9.36 Å². The first-order valence-electron chi connectivity index (χ1n) is 3.84. The molecule has 0 aromatic carbocycles. The molecule has 0 atom stereocenters. The fourth-order valence-electron chi connectivity index (χ4n) is 0.624. The van der Waals surface area contributed by atoms with Gasteiger partial charge in [0.25, 0.3) is 0 Å². The third kappa shape index (κ3) is 5.26. The minimum atomic E-state index is -3.48. The van der Waals surface area contributed by atoms with Gasteiger partial charge in [0.05, 0.1) is 13.2 Å². The molecule has 5 nitrogen and oxygen atoms in total. The molecule has 0 saturated carbocycles. The summed E-state index contributed by atoms with van der Waals surface area (Å²) in [6.45, 7) is 3.69. The maximum atomic E-state index is 11.5. The fraction of sp³-hybridized carbons (Fsp3) is 0.833. The van der Waals surface area contributed by atoms with Crippen molar-refractivity contribution in [2.24, 2.45) is 0 Å². The van der Waals surface area contributed by atoms with E-state index in [0.717, 1.165) is 0 Å². The van der Waals surface area contributed by atoms with Gasteiger partial charge in [0, 0.05) is 0 Å². The summed E-state index contributed by atoms with van der Waals surface area (Å²) in [5.74, 6) is -0.851. The molecule has 0 spiro atoms. The van der Waals surface area contributed by atoms with Crippen LogP contribution in [0.4, 0.5) is 0 Å². The molecule has 0 heterocycles. The highest BCUT2D eigenvalue weighted by Crippen LogP contribution is 2.43. The van der Waals surface area contributed by atoms with Crippen LogP contribution in [0.2, 0.25) is 0 Å². The van der Waals surface area contributed by atoms with E-state index in [1.54, 1.807) is 13.8 Å². The molecule has 0 saturated heterocycles. The van der Waals surface area contributed by atoms with Gasteiger partial charge in [-0.05, 0) is 13.8 Å². The molecule has 0 aliphatic rings. The first kappa shape index (κ1) is 12.9. The number of hydrogen-bond acceptors (Lipinski definition) is 4. The van der Waals surface area contributed by atoms with E-state index in [0.29, 0.717) is 0 Å². The van der Waals surface area contributed by atoms with Crippen molar-refractivity contribution < 1.29 is 18.4 Å². The van der Waals surface area contributed by atoms with Crippen LogP contribution in [0.5, 0.6) is 0 Å². The van der Waals surface area contributed by atoms with Crippen LogP contribution in [0, 0.1) is 0 Å². The van der Waals surface area contributed by atoms with Crippen molar-refractivity contribution in [3.63, 3.8) is 0 Å². The summed E-state index contributed by atoms with van der Waals surface area (Å²) < 4.78 is 21.1. The van der Waals surface area contributed by atoms with Crippen LogP contribution in [0.15, 0.2) is 0 Å². The molecule has 0 aromatic heterocycles. The SMILES string of the molecule is CCOP(=O)(NC(=O)CCl)OCC. The van der Waals surface area contributed by atoms with Gasteiger partial charge in [-0.1, -0.05) is 0 Å². The number of nitrogens with one attached hydrogen (secondary N) is 1. The molecule has 1 N–H and O–H groups in total. The molecule has 0 aromatic rings.